The van der Waals surface area contributed by atoms with E-state index in [4.69, 9.17) is 0 Å². The topological polar surface area (TPSA) is 53.1 Å². The van der Waals surface area contributed by atoms with Crippen molar-refractivity contribution in [1.29, 1.82) is 0 Å². The van der Waals surface area contributed by atoms with Crippen molar-refractivity contribution in [3.8, 4) is 16.9 Å². The van der Waals surface area contributed by atoms with Crippen LogP contribution in [0.4, 0.5) is 0 Å². The first-order valence-corrected chi connectivity index (χ1v) is 4.67. The Morgan fingerprint density at radius 3 is 2.47 bits per heavy atom. The maximum absolute atomic E-state index is 11.0. The third-order valence-electron chi connectivity index (χ3n) is 2.31. The first kappa shape index (κ1) is 9.52. The van der Waals surface area contributed by atoms with Gasteiger partial charge in [-0.25, -0.2) is 0 Å². The van der Waals surface area contributed by atoms with Gasteiger partial charge in [-0.1, -0.05) is 18.2 Å². The van der Waals surface area contributed by atoms with E-state index < -0.39 is 0 Å². The molecule has 0 saturated heterocycles. The molecule has 0 bridgehead atoms. The lowest BCUT2D eigenvalue weighted by Crippen LogP contribution is -2.05. The molecule has 0 unspecified atom stereocenters. The van der Waals surface area contributed by atoms with Crippen molar-refractivity contribution in [2.45, 2.75) is 6.92 Å². The summed E-state index contributed by atoms with van der Waals surface area (Å²) < 4.78 is 0. The molecule has 3 heteroatoms. The van der Waals surface area contributed by atoms with Gasteiger partial charge in [0.2, 0.25) is 5.56 Å². The zero-order valence-corrected chi connectivity index (χ0v) is 8.32. The van der Waals surface area contributed by atoms with Crippen molar-refractivity contribution in [3.63, 3.8) is 0 Å². The number of aromatic amines is 1. The number of aromatic hydroxyl groups is 1. The minimum atomic E-state index is -0.133. The Labute approximate surface area is 87.0 Å². The number of H-pyrrole nitrogens is 1. The number of rotatable bonds is 1. The number of benzene rings is 1. The Bertz CT molecular complexity index is 543. The molecule has 2 N–H and O–H groups in total. The van der Waals surface area contributed by atoms with Gasteiger partial charge in [0.25, 0.3) is 0 Å². The van der Waals surface area contributed by atoms with Crippen molar-refractivity contribution in [2.75, 3.05) is 0 Å². The van der Waals surface area contributed by atoms with Gasteiger partial charge in [0.1, 0.15) is 5.75 Å². The van der Waals surface area contributed by atoms with E-state index >= 15 is 0 Å². The first-order chi connectivity index (χ1) is 7.18. The van der Waals surface area contributed by atoms with Crippen LogP contribution in [0, 0.1) is 6.92 Å². The minimum absolute atomic E-state index is 0.133. The molecule has 2 aromatic rings. The molecule has 0 fully saturated rings. The van der Waals surface area contributed by atoms with Crippen molar-refractivity contribution in [3.05, 3.63) is 52.4 Å². The highest BCUT2D eigenvalue weighted by Crippen LogP contribution is 2.29. The van der Waals surface area contributed by atoms with Gasteiger partial charge in [0.15, 0.2) is 0 Å². The molecule has 0 radical (unpaired) electrons. The molecule has 0 aliphatic heterocycles. The highest BCUT2D eigenvalue weighted by atomic mass is 16.3. The summed E-state index contributed by atoms with van der Waals surface area (Å²) >= 11 is 0. The van der Waals surface area contributed by atoms with Crippen LogP contribution in [-0.4, -0.2) is 10.1 Å². The molecular weight excluding hydrogens is 190 g/mol. The summed E-state index contributed by atoms with van der Waals surface area (Å²) in [6, 6.07) is 10.2. The van der Waals surface area contributed by atoms with Gasteiger partial charge in [-0.15, -0.1) is 0 Å². The number of para-hydroxylation sites is 1. The molecule has 0 spiro atoms. The third kappa shape index (κ3) is 1.76. The van der Waals surface area contributed by atoms with Gasteiger partial charge in [-0.3, -0.25) is 4.79 Å². The maximum atomic E-state index is 11.0. The standard InChI is InChI=1S/C12H11NO2/c1-8-9(6-7-12(15)13-8)10-4-2-3-5-11(10)14/h2-7,14H,1H3,(H,13,15). The van der Waals surface area contributed by atoms with E-state index in [-0.39, 0.29) is 11.3 Å². The second kappa shape index (κ2) is 3.61. The van der Waals surface area contributed by atoms with Crippen LogP contribution < -0.4 is 5.56 Å². The van der Waals surface area contributed by atoms with Crippen LogP contribution in [0.15, 0.2) is 41.2 Å². The quantitative estimate of drug-likeness (QED) is 0.742. The van der Waals surface area contributed by atoms with Crippen LogP contribution in [0.3, 0.4) is 0 Å². The Morgan fingerprint density at radius 1 is 1.07 bits per heavy atom. The molecule has 1 heterocycles. The fourth-order valence-corrected chi connectivity index (χ4v) is 1.57. The van der Waals surface area contributed by atoms with Crippen molar-refractivity contribution < 1.29 is 5.11 Å². The second-order valence-corrected chi connectivity index (χ2v) is 3.38. The summed E-state index contributed by atoms with van der Waals surface area (Å²) in [4.78, 5) is 13.7. The molecule has 0 saturated carbocycles. The van der Waals surface area contributed by atoms with Crippen LogP contribution in [0.1, 0.15) is 5.69 Å². The Hall–Kier alpha value is -2.03. The Balaban J connectivity index is 2.65. The monoisotopic (exact) mass is 201 g/mol. The lowest BCUT2D eigenvalue weighted by Gasteiger charge is -2.06. The van der Waals surface area contributed by atoms with E-state index in [0.29, 0.717) is 0 Å². The van der Waals surface area contributed by atoms with Crippen LogP contribution in [0.25, 0.3) is 11.1 Å². The summed E-state index contributed by atoms with van der Waals surface area (Å²) in [6.07, 6.45) is 0. The smallest absolute Gasteiger partial charge is 0.248 e. The fourth-order valence-electron chi connectivity index (χ4n) is 1.57. The summed E-state index contributed by atoms with van der Waals surface area (Å²) in [6.45, 7) is 1.81. The van der Waals surface area contributed by atoms with Crippen LogP contribution in [-0.2, 0) is 0 Å². The van der Waals surface area contributed by atoms with Gasteiger partial charge in [-0.05, 0) is 19.1 Å². The van der Waals surface area contributed by atoms with E-state index in [1.165, 1.54) is 6.07 Å². The number of pyridine rings is 1. The first-order valence-electron chi connectivity index (χ1n) is 4.67. The lowest BCUT2D eigenvalue weighted by atomic mass is 10.0. The predicted molar refractivity (Wildman–Crippen MR) is 58.9 cm³/mol. The van der Waals surface area contributed by atoms with Crippen molar-refractivity contribution in [2.24, 2.45) is 0 Å². The van der Waals surface area contributed by atoms with Gasteiger partial charge in [-0.2, -0.15) is 0 Å². The highest BCUT2D eigenvalue weighted by Gasteiger charge is 2.05. The van der Waals surface area contributed by atoms with Gasteiger partial charge >= 0.3 is 0 Å². The second-order valence-electron chi connectivity index (χ2n) is 3.38. The van der Waals surface area contributed by atoms with Gasteiger partial charge in [0, 0.05) is 22.9 Å². The van der Waals surface area contributed by atoms with Crippen molar-refractivity contribution in [1.82, 2.24) is 4.98 Å². The van der Waals surface area contributed by atoms with Gasteiger partial charge < -0.3 is 10.1 Å². The molecule has 76 valence electrons. The largest absolute Gasteiger partial charge is 0.507 e. The third-order valence-corrected chi connectivity index (χ3v) is 2.31. The zero-order chi connectivity index (χ0) is 10.8. The van der Waals surface area contributed by atoms with E-state index in [0.717, 1.165) is 16.8 Å². The number of hydrogen-bond acceptors (Lipinski definition) is 2. The molecule has 0 aliphatic carbocycles. The van der Waals surface area contributed by atoms with E-state index in [1.54, 1.807) is 18.2 Å². The Morgan fingerprint density at radius 2 is 1.80 bits per heavy atom. The highest BCUT2D eigenvalue weighted by molar-refractivity contribution is 5.71. The number of hydrogen-bond donors (Lipinski definition) is 2. The lowest BCUT2D eigenvalue weighted by molar-refractivity contribution is 0.477. The molecule has 15 heavy (non-hydrogen) atoms. The average Bonchev–Trinajstić information content (AvgIpc) is 2.20. The summed E-state index contributed by atoms with van der Waals surface area (Å²) in [7, 11) is 0. The predicted octanol–water partition coefficient (Wildman–Crippen LogP) is 2.06. The average molecular weight is 201 g/mol. The molecule has 0 aliphatic rings. The number of aromatic nitrogens is 1. The summed E-state index contributed by atoms with van der Waals surface area (Å²) in [5, 5.41) is 9.67. The normalized spacial score (nSPS) is 10.2. The molecule has 3 nitrogen and oxygen atoms in total. The molecule has 0 atom stereocenters. The summed E-state index contributed by atoms with van der Waals surface area (Å²) in [5.74, 6) is 0.215. The van der Waals surface area contributed by atoms with Crippen molar-refractivity contribution >= 4 is 0 Å². The summed E-state index contributed by atoms with van der Waals surface area (Å²) in [5.41, 5.74) is 2.19. The number of aryl methyl sites for hydroxylation is 1. The van der Waals surface area contributed by atoms with E-state index in [9.17, 15) is 9.90 Å². The SMILES string of the molecule is Cc1[nH]c(=O)ccc1-c1ccccc1O. The maximum Gasteiger partial charge on any atom is 0.248 e. The Kier molecular flexibility index (Phi) is 2.29. The number of phenolic OH excluding ortho intramolecular Hbond substituents is 1. The van der Waals surface area contributed by atoms with E-state index in [1.807, 2.05) is 19.1 Å². The molecule has 2 rings (SSSR count). The minimum Gasteiger partial charge on any atom is -0.507 e. The fraction of sp³-hybridized carbons (Fsp3) is 0.0833. The number of phenols is 1. The molecule has 1 aromatic carbocycles. The molecule has 0 amide bonds. The number of nitrogens with one attached hydrogen (secondary N) is 1. The van der Waals surface area contributed by atoms with Crippen LogP contribution in [0.5, 0.6) is 5.75 Å². The van der Waals surface area contributed by atoms with Crippen LogP contribution >= 0.6 is 0 Å². The molecule has 1 aromatic heterocycles. The van der Waals surface area contributed by atoms with Crippen LogP contribution in [0.2, 0.25) is 0 Å². The zero-order valence-electron chi connectivity index (χ0n) is 8.32. The van der Waals surface area contributed by atoms with Gasteiger partial charge in [0.05, 0.1) is 0 Å². The van der Waals surface area contributed by atoms with E-state index in [2.05, 4.69) is 4.98 Å². The molecular formula is C12H11NO2.